The summed E-state index contributed by atoms with van der Waals surface area (Å²) in [4.78, 5) is 18.4. The summed E-state index contributed by atoms with van der Waals surface area (Å²) in [6.07, 6.45) is -3.06. The number of nitrogens with one attached hydrogen (secondary N) is 2. The van der Waals surface area contributed by atoms with Crippen molar-refractivity contribution in [2.75, 3.05) is 0 Å². The van der Waals surface area contributed by atoms with Gasteiger partial charge in [0.25, 0.3) is 5.56 Å². The highest BCUT2D eigenvalue weighted by atomic mass is 19.4. The van der Waals surface area contributed by atoms with E-state index >= 15 is 0 Å². The molecule has 0 spiro atoms. The fourth-order valence-corrected chi connectivity index (χ4v) is 1.84. The van der Waals surface area contributed by atoms with Gasteiger partial charge >= 0.3 is 6.18 Å². The molecule has 0 atom stereocenters. The second-order valence-corrected chi connectivity index (χ2v) is 4.11. The van der Waals surface area contributed by atoms with Gasteiger partial charge in [-0.05, 0) is 24.3 Å². The first-order valence-electron chi connectivity index (χ1n) is 5.56. The lowest BCUT2D eigenvalue weighted by atomic mass is 10.2. The average molecular weight is 280 g/mol. The molecule has 0 aliphatic heterocycles. The summed E-state index contributed by atoms with van der Waals surface area (Å²) >= 11 is 0. The molecule has 0 saturated heterocycles. The van der Waals surface area contributed by atoms with E-state index in [9.17, 15) is 18.0 Å². The molecule has 0 amide bonds. The number of benzene rings is 1. The van der Waals surface area contributed by atoms with Crippen LogP contribution >= 0.6 is 0 Å². The highest BCUT2D eigenvalue weighted by Crippen LogP contribution is 2.31. The number of hydrogen-bond acceptors (Lipinski definition) is 3. The smallest absolute Gasteiger partial charge is 0.338 e. The average Bonchev–Trinajstić information content (AvgIpc) is 2.80. The Balaban J connectivity index is 2.17. The predicted octanol–water partition coefficient (Wildman–Crippen LogP) is 2.33. The maximum absolute atomic E-state index is 12.6. The van der Waals surface area contributed by atoms with Crippen molar-refractivity contribution >= 4 is 11.0 Å². The van der Waals surface area contributed by atoms with Gasteiger partial charge < -0.3 is 4.98 Å². The Labute approximate surface area is 109 Å². The van der Waals surface area contributed by atoms with Crippen LogP contribution < -0.4 is 5.56 Å². The van der Waals surface area contributed by atoms with Gasteiger partial charge in [0.2, 0.25) is 0 Å². The van der Waals surface area contributed by atoms with Crippen molar-refractivity contribution in [1.82, 2.24) is 20.2 Å². The Bertz CT molecular complexity index is 834. The van der Waals surface area contributed by atoms with Gasteiger partial charge in [0.1, 0.15) is 5.82 Å². The van der Waals surface area contributed by atoms with Crippen LogP contribution in [-0.4, -0.2) is 20.2 Å². The highest BCUT2D eigenvalue weighted by Gasteiger charge is 2.30. The number of aromatic nitrogens is 4. The van der Waals surface area contributed by atoms with Crippen LogP contribution in [0.2, 0.25) is 0 Å². The van der Waals surface area contributed by atoms with E-state index in [0.29, 0.717) is 5.52 Å². The summed E-state index contributed by atoms with van der Waals surface area (Å²) in [5, 5.41) is 5.78. The first-order valence-corrected chi connectivity index (χ1v) is 5.56. The molecule has 0 aliphatic rings. The van der Waals surface area contributed by atoms with Gasteiger partial charge in [-0.1, -0.05) is 0 Å². The zero-order valence-corrected chi connectivity index (χ0v) is 9.82. The van der Waals surface area contributed by atoms with E-state index in [1.54, 1.807) is 0 Å². The van der Waals surface area contributed by atoms with Crippen LogP contribution in [0.4, 0.5) is 13.2 Å². The van der Waals surface area contributed by atoms with Gasteiger partial charge in [0.15, 0.2) is 0 Å². The standard InChI is InChI=1S/C12H7F3N4O/c13-12(14,15)6-1-2-8-9(5-6)18-10(17-8)7-3-4-16-19-11(7)20/h1-5H,(H,17,18)(H,19,20). The minimum Gasteiger partial charge on any atom is -0.338 e. The Morgan fingerprint density at radius 2 is 1.95 bits per heavy atom. The number of halogens is 3. The molecule has 2 N–H and O–H groups in total. The summed E-state index contributed by atoms with van der Waals surface area (Å²) in [7, 11) is 0. The summed E-state index contributed by atoms with van der Waals surface area (Å²) < 4.78 is 37.8. The molecule has 1 aromatic carbocycles. The van der Waals surface area contributed by atoms with E-state index < -0.39 is 17.3 Å². The molecule has 5 nitrogen and oxygen atoms in total. The molecule has 2 heterocycles. The lowest BCUT2D eigenvalue weighted by Gasteiger charge is -2.05. The van der Waals surface area contributed by atoms with E-state index in [0.717, 1.165) is 12.1 Å². The molecule has 0 fully saturated rings. The first-order chi connectivity index (χ1) is 9.45. The molecule has 3 rings (SSSR count). The van der Waals surface area contributed by atoms with Gasteiger partial charge in [-0.25, -0.2) is 10.1 Å². The number of imidazole rings is 1. The van der Waals surface area contributed by atoms with Crippen LogP contribution in [0, 0.1) is 0 Å². The van der Waals surface area contributed by atoms with Crippen LogP contribution in [0.15, 0.2) is 35.3 Å². The maximum atomic E-state index is 12.6. The Morgan fingerprint density at radius 3 is 2.65 bits per heavy atom. The van der Waals surface area contributed by atoms with Crippen LogP contribution in [0.1, 0.15) is 5.56 Å². The van der Waals surface area contributed by atoms with Crippen LogP contribution in [0.25, 0.3) is 22.4 Å². The molecular weight excluding hydrogens is 273 g/mol. The minimum atomic E-state index is -4.42. The van der Waals surface area contributed by atoms with E-state index in [-0.39, 0.29) is 16.9 Å². The van der Waals surface area contributed by atoms with Crippen molar-refractivity contribution in [3.8, 4) is 11.4 Å². The van der Waals surface area contributed by atoms with Gasteiger partial charge in [-0.15, -0.1) is 0 Å². The highest BCUT2D eigenvalue weighted by molar-refractivity contribution is 5.79. The lowest BCUT2D eigenvalue weighted by Crippen LogP contribution is -2.10. The molecule has 0 aliphatic carbocycles. The predicted molar refractivity (Wildman–Crippen MR) is 64.9 cm³/mol. The number of H-pyrrole nitrogens is 2. The summed E-state index contributed by atoms with van der Waals surface area (Å²) in [5.74, 6) is 0.197. The number of fused-ring (bicyclic) bond motifs is 1. The molecule has 8 heteroatoms. The molecule has 0 unspecified atom stereocenters. The molecule has 102 valence electrons. The molecule has 0 radical (unpaired) electrons. The number of rotatable bonds is 1. The van der Waals surface area contributed by atoms with Gasteiger partial charge in [0.05, 0.1) is 22.2 Å². The second-order valence-electron chi connectivity index (χ2n) is 4.11. The number of aromatic amines is 2. The first kappa shape index (κ1) is 12.4. The van der Waals surface area contributed by atoms with E-state index in [1.807, 2.05) is 0 Å². The van der Waals surface area contributed by atoms with Crippen molar-refractivity contribution in [1.29, 1.82) is 0 Å². The normalized spacial score (nSPS) is 11.9. The third-order valence-corrected chi connectivity index (χ3v) is 2.79. The van der Waals surface area contributed by atoms with Gasteiger partial charge in [-0.3, -0.25) is 4.79 Å². The third kappa shape index (κ3) is 2.04. The summed E-state index contributed by atoms with van der Waals surface area (Å²) in [6, 6.07) is 4.60. The second kappa shape index (κ2) is 4.19. The Morgan fingerprint density at radius 1 is 1.15 bits per heavy atom. The zero-order chi connectivity index (χ0) is 14.3. The fourth-order valence-electron chi connectivity index (χ4n) is 1.84. The monoisotopic (exact) mass is 280 g/mol. The van der Waals surface area contributed by atoms with Crippen molar-refractivity contribution < 1.29 is 13.2 Å². The van der Waals surface area contributed by atoms with E-state index in [1.165, 1.54) is 18.3 Å². The van der Waals surface area contributed by atoms with Crippen LogP contribution in [-0.2, 0) is 6.18 Å². The number of alkyl halides is 3. The van der Waals surface area contributed by atoms with Gasteiger partial charge in [-0.2, -0.15) is 18.3 Å². The van der Waals surface area contributed by atoms with Crippen LogP contribution in [0.5, 0.6) is 0 Å². The topological polar surface area (TPSA) is 74.4 Å². The SMILES string of the molecule is O=c1[nH]nccc1-c1nc2ccc(C(F)(F)F)cc2[nH]1. The zero-order valence-electron chi connectivity index (χ0n) is 9.82. The van der Waals surface area contributed by atoms with Crippen molar-refractivity contribution in [3.05, 3.63) is 46.4 Å². The Hall–Kier alpha value is -2.64. The van der Waals surface area contributed by atoms with Gasteiger partial charge in [0, 0.05) is 6.20 Å². The van der Waals surface area contributed by atoms with Crippen molar-refractivity contribution in [2.24, 2.45) is 0 Å². The minimum absolute atomic E-state index is 0.197. The largest absolute Gasteiger partial charge is 0.416 e. The van der Waals surface area contributed by atoms with Crippen molar-refractivity contribution in [2.45, 2.75) is 6.18 Å². The van der Waals surface area contributed by atoms with E-state index in [4.69, 9.17) is 0 Å². The Kier molecular flexibility index (Phi) is 2.60. The maximum Gasteiger partial charge on any atom is 0.416 e. The molecule has 2 aromatic heterocycles. The third-order valence-electron chi connectivity index (χ3n) is 2.79. The summed E-state index contributed by atoms with van der Waals surface area (Å²) in [6.45, 7) is 0. The number of nitrogens with zero attached hydrogens (tertiary/aromatic N) is 2. The molecule has 3 aromatic rings. The lowest BCUT2D eigenvalue weighted by molar-refractivity contribution is -0.137. The van der Waals surface area contributed by atoms with E-state index in [2.05, 4.69) is 20.2 Å². The molecule has 20 heavy (non-hydrogen) atoms. The summed E-state index contributed by atoms with van der Waals surface area (Å²) in [5.41, 5.74) is -0.466. The molecular formula is C12H7F3N4O. The number of hydrogen-bond donors (Lipinski definition) is 2. The van der Waals surface area contributed by atoms with Crippen molar-refractivity contribution in [3.63, 3.8) is 0 Å². The molecule has 0 saturated carbocycles. The molecule has 0 bridgehead atoms. The van der Waals surface area contributed by atoms with Crippen LogP contribution in [0.3, 0.4) is 0 Å². The fraction of sp³-hybridized carbons (Fsp3) is 0.0833. The quantitative estimate of drug-likeness (QED) is 0.718.